The van der Waals surface area contributed by atoms with Crippen LogP contribution in [-0.4, -0.2) is 34.6 Å². The van der Waals surface area contributed by atoms with Crippen molar-refractivity contribution in [2.24, 2.45) is 11.7 Å². The minimum absolute atomic E-state index is 0.156. The van der Waals surface area contributed by atoms with Gasteiger partial charge in [0.25, 0.3) is 0 Å². The van der Waals surface area contributed by atoms with E-state index in [1.165, 1.54) is 0 Å². The maximum atomic E-state index is 12.1. The van der Waals surface area contributed by atoms with Crippen LogP contribution < -0.4 is 5.73 Å². The third-order valence-corrected chi connectivity index (χ3v) is 4.93. The summed E-state index contributed by atoms with van der Waals surface area (Å²) in [7, 11) is 0. The lowest BCUT2D eigenvalue weighted by Gasteiger charge is -2.41. The Morgan fingerprint density at radius 1 is 1.58 bits per heavy atom. The minimum atomic E-state index is -0.509. The number of nitrogens with zero attached hydrogens (tertiary/aromatic N) is 1. The van der Waals surface area contributed by atoms with E-state index in [4.69, 9.17) is 10.5 Å². The van der Waals surface area contributed by atoms with Gasteiger partial charge in [0.2, 0.25) is 5.91 Å². The van der Waals surface area contributed by atoms with Crippen molar-refractivity contribution in [2.75, 3.05) is 6.54 Å². The Hall–Kier alpha value is -1.52. The molecule has 3 unspecified atom stereocenters. The van der Waals surface area contributed by atoms with E-state index in [2.05, 4.69) is 6.58 Å². The summed E-state index contributed by atoms with van der Waals surface area (Å²) >= 11 is 0. The largest absolute Gasteiger partial charge is 0.441 e. The first-order valence-corrected chi connectivity index (χ1v) is 6.66. The van der Waals surface area contributed by atoms with Crippen molar-refractivity contribution in [1.29, 1.82) is 0 Å². The molecule has 0 spiro atoms. The SMILES string of the molecule is C=C(C)C1CCC2(C)OC(=O)N(CCC(N)=O)C12C. The molecule has 0 aromatic rings. The number of nitrogens with two attached hydrogens (primary N) is 1. The molecule has 2 aliphatic rings. The molecular formula is C14H22N2O3. The van der Waals surface area contributed by atoms with Gasteiger partial charge in [-0.05, 0) is 33.6 Å². The summed E-state index contributed by atoms with van der Waals surface area (Å²) in [5, 5.41) is 0. The number of carbonyl (C=O) groups excluding carboxylic acids is 2. The highest BCUT2D eigenvalue weighted by molar-refractivity contribution is 5.77. The molecule has 1 saturated heterocycles. The van der Waals surface area contributed by atoms with Crippen LogP contribution in [0.2, 0.25) is 0 Å². The Morgan fingerprint density at radius 3 is 2.74 bits per heavy atom. The molecule has 0 aromatic carbocycles. The van der Waals surface area contributed by atoms with E-state index in [-0.39, 0.29) is 18.4 Å². The number of ether oxygens (including phenoxy) is 1. The number of fused-ring (bicyclic) bond motifs is 1. The van der Waals surface area contributed by atoms with Crippen LogP contribution in [0.4, 0.5) is 4.79 Å². The zero-order valence-corrected chi connectivity index (χ0v) is 11.9. The van der Waals surface area contributed by atoms with E-state index in [1.807, 2.05) is 20.8 Å². The summed E-state index contributed by atoms with van der Waals surface area (Å²) < 4.78 is 5.59. The quantitative estimate of drug-likeness (QED) is 0.789. The monoisotopic (exact) mass is 266 g/mol. The van der Waals surface area contributed by atoms with Crippen LogP contribution in [0, 0.1) is 5.92 Å². The van der Waals surface area contributed by atoms with Crippen LogP contribution in [-0.2, 0) is 9.53 Å². The molecule has 1 aliphatic heterocycles. The van der Waals surface area contributed by atoms with E-state index in [0.29, 0.717) is 6.54 Å². The van der Waals surface area contributed by atoms with Gasteiger partial charge in [0, 0.05) is 18.9 Å². The van der Waals surface area contributed by atoms with Gasteiger partial charge in [-0.3, -0.25) is 9.69 Å². The van der Waals surface area contributed by atoms with Gasteiger partial charge >= 0.3 is 6.09 Å². The van der Waals surface area contributed by atoms with Crippen LogP contribution in [0.5, 0.6) is 0 Å². The second kappa shape index (κ2) is 4.25. The third-order valence-electron chi connectivity index (χ3n) is 4.93. The molecule has 0 bridgehead atoms. The Labute approximate surface area is 113 Å². The molecule has 5 heteroatoms. The second-order valence-corrected chi connectivity index (χ2v) is 6.05. The number of hydrogen-bond donors (Lipinski definition) is 1. The van der Waals surface area contributed by atoms with Crippen LogP contribution in [0.15, 0.2) is 12.2 Å². The predicted molar refractivity (Wildman–Crippen MR) is 71.3 cm³/mol. The maximum Gasteiger partial charge on any atom is 0.411 e. The summed E-state index contributed by atoms with van der Waals surface area (Å²) in [6.07, 6.45) is 1.57. The van der Waals surface area contributed by atoms with Crippen molar-refractivity contribution >= 4 is 12.0 Å². The van der Waals surface area contributed by atoms with Crippen molar-refractivity contribution in [2.45, 2.75) is 51.2 Å². The number of amides is 2. The van der Waals surface area contributed by atoms with E-state index in [1.54, 1.807) is 4.90 Å². The summed E-state index contributed by atoms with van der Waals surface area (Å²) in [4.78, 5) is 24.8. The first-order chi connectivity index (χ1) is 8.72. The molecule has 0 radical (unpaired) electrons. The lowest BCUT2D eigenvalue weighted by molar-refractivity contribution is -0.118. The normalized spacial score (nSPS) is 37.1. The number of hydrogen-bond acceptors (Lipinski definition) is 3. The van der Waals surface area contributed by atoms with Crippen LogP contribution in [0.3, 0.4) is 0 Å². The highest BCUT2D eigenvalue weighted by Gasteiger charge is 2.66. The summed E-state index contributed by atoms with van der Waals surface area (Å²) in [5.74, 6) is -0.216. The maximum absolute atomic E-state index is 12.1. The predicted octanol–water partition coefficient (Wildman–Crippen LogP) is 1.82. The number of carbonyl (C=O) groups is 2. The highest BCUT2D eigenvalue weighted by Crippen LogP contribution is 2.55. The summed E-state index contributed by atoms with van der Waals surface area (Å²) in [6.45, 7) is 10.3. The lowest BCUT2D eigenvalue weighted by atomic mass is 9.76. The van der Waals surface area contributed by atoms with Gasteiger partial charge < -0.3 is 10.5 Å². The molecule has 19 heavy (non-hydrogen) atoms. The van der Waals surface area contributed by atoms with Crippen molar-refractivity contribution in [1.82, 2.24) is 4.90 Å². The Morgan fingerprint density at radius 2 is 2.21 bits per heavy atom. The lowest BCUT2D eigenvalue weighted by Crippen LogP contribution is -2.56. The van der Waals surface area contributed by atoms with Crippen molar-refractivity contribution in [3.63, 3.8) is 0 Å². The molecule has 5 nitrogen and oxygen atoms in total. The Bertz CT molecular complexity index is 448. The zero-order chi connectivity index (χ0) is 14.4. The van der Waals surface area contributed by atoms with Gasteiger partial charge in [-0.15, -0.1) is 0 Å². The van der Waals surface area contributed by atoms with Gasteiger partial charge in [-0.1, -0.05) is 12.2 Å². The highest BCUT2D eigenvalue weighted by atomic mass is 16.6. The van der Waals surface area contributed by atoms with Crippen LogP contribution in [0.25, 0.3) is 0 Å². The molecule has 1 aliphatic carbocycles. The molecule has 1 saturated carbocycles. The van der Waals surface area contributed by atoms with Gasteiger partial charge in [-0.25, -0.2) is 4.79 Å². The number of rotatable bonds is 4. The van der Waals surface area contributed by atoms with Crippen molar-refractivity contribution in [3.8, 4) is 0 Å². The fourth-order valence-electron chi connectivity index (χ4n) is 3.66. The third kappa shape index (κ3) is 1.83. The van der Waals surface area contributed by atoms with E-state index in [9.17, 15) is 9.59 Å². The molecule has 2 fully saturated rings. The molecule has 2 amide bonds. The van der Waals surface area contributed by atoms with Crippen LogP contribution in [0.1, 0.15) is 40.0 Å². The molecule has 2 rings (SSSR count). The van der Waals surface area contributed by atoms with Gasteiger partial charge in [0.1, 0.15) is 5.60 Å². The first kappa shape index (κ1) is 13.9. The topological polar surface area (TPSA) is 72.6 Å². The average molecular weight is 266 g/mol. The molecule has 2 N–H and O–H groups in total. The van der Waals surface area contributed by atoms with Gasteiger partial charge in [0.05, 0.1) is 5.54 Å². The molecule has 106 valence electrons. The fraction of sp³-hybridized carbons (Fsp3) is 0.714. The molecular weight excluding hydrogens is 244 g/mol. The van der Waals surface area contributed by atoms with E-state index in [0.717, 1.165) is 18.4 Å². The van der Waals surface area contributed by atoms with Gasteiger partial charge in [0.15, 0.2) is 0 Å². The zero-order valence-electron chi connectivity index (χ0n) is 11.9. The summed E-state index contributed by atoms with van der Waals surface area (Å²) in [6, 6.07) is 0. The minimum Gasteiger partial charge on any atom is -0.441 e. The Balaban J connectivity index is 2.34. The standard InChI is InChI=1S/C14H22N2O3/c1-9(2)10-5-7-13(3)14(10,4)16(12(18)19-13)8-6-11(15)17/h10H,1,5-8H2,2-4H3,(H2,15,17). The van der Waals surface area contributed by atoms with Crippen molar-refractivity contribution < 1.29 is 14.3 Å². The second-order valence-electron chi connectivity index (χ2n) is 6.05. The molecule has 1 heterocycles. The Kier molecular flexibility index (Phi) is 3.11. The number of primary amides is 1. The van der Waals surface area contributed by atoms with E-state index >= 15 is 0 Å². The fourth-order valence-corrected chi connectivity index (χ4v) is 3.66. The molecule has 3 atom stereocenters. The molecule has 0 aromatic heterocycles. The van der Waals surface area contributed by atoms with Crippen molar-refractivity contribution in [3.05, 3.63) is 12.2 Å². The average Bonchev–Trinajstić information content (AvgIpc) is 2.60. The smallest absolute Gasteiger partial charge is 0.411 e. The summed E-state index contributed by atoms with van der Waals surface area (Å²) in [5.41, 5.74) is 5.29. The van der Waals surface area contributed by atoms with E-state index < -0.39 is 17.0 Å². The first-order valence-electron chi connectivity index (χ1n) is 6.66. The van der Waals surface area contributed by atoms with Gasteiger partial charge in [-0.2, -0.15) is 0 Å². The van der Waals surface area contributed by atoms with Crippen LogP contribution >= 0.6 is 0 Å².